The van der Waals surface area contributed by atoms with Crippen LogP contribution in [0.2, 0.25) is 10.0 Å². The van der Waals surface area contributed by atoms with E-state index >= 15 is 0 Å². The first-order valence-corrected chi connectivity index (χ1v) is 8.22. The van der Waals surface area contributed by atoms with Gasteiger partial charge in [-0.2, -0.15) is 0 Å². The quantitative estimate of drug-likeness (QED) is 0.769. The fourth-order valence-corrected chi connectivity index (χ4v) is 4.25. The van der Waals surface area contributed by atoms with E-state index in [0.717, 1.165) is 0 Å². The zero-order valence-electron chi connectivity index (χ0n) is 8.62. The van der Waals surface area contributed by atoms with E-state index in [2.05, 4.69) is 0 Å². The van der Waals surface area contributed by atoms with Crippen molar-refractivity contribution in [2.24, 2.45) is 0 Å². The van der Waals surface area contributed by atoms with E-state index in [9.17, 15) is 10.9 Å². The van der Waals surface area contributed by atoms with E-state index < -0.39 is 25.8 Å². The van der Waals surface area contributed by atoms with Crippen LogP contribution in [0, 0.1) is 3.57 Å². The van der Waals surface area contributed by atoms with Gasteiger partial charge in [-0.05, 0) is 12.1 Å². The lowest BCUT2D eigenvalue weighted by Gasteiger charge is -2.07. The molecule has 0 spiro atoms. The van der Waals surface area contributed by atoms with Gasteiger partial charge in [0, 0.05) is 15.8 Å². The van der Waals surface area contributed by atoms with Gasteiger partial charge in [0.15, 0.2) is 0 Å². The summed E-state index contributed by atoms with van der Waals surface area (Å²) in [6.45, 7) is 0. The van der Waals surface area contributed by atoms with Crippen LogP contribution in [-0.4, -0.2) is 11.1 Å². The Morgan fingerprint density at radius 2 is 1.78 bits per heavy atom. The second-order valence-corrected chi connectivity index (χ2v) is 6.54. The van der Waals surface area contributed by atoms with Gasteiger partial charge < -0.3 is 5.11 Å². The molecule has 7 heteroatoms. The van der Waals surface area contributed by atoms with Crippen LogP contribution >= 0.6 is 43.0 Å². The molecule has 0 heterocycles. The fourth-order valence-electron chi connectivity index (χ4n) is 1.67. The third-order valence-corrected chi connectivity index (χ3v) is 5.02. The van der Waals surface area contributed by atoms with Crippen molar-refractivity contribution in [3.63, 3.8) is 0 Å². The molecule has 0 aromatic heterocycles. The Kier molecular flexibility index (Phi) is 3.74. The molecule has 0 atom stereocenters. The molecule has 94 valence electrons. The molecule has 0 aliphatic heterocycles. The van der Waals surface area contributed by atoms with Crippen molar-refractivity contribution < 1.29 is 16.0 Å². The summed E-state index contributed by atoms with van der Waals surface area (Å²) in [5, 5.41) is 9.97. The summed E-state index contributed by atoms with van der Waals surface area (Å²) in [6.07, 6.45) is 0. The van der Waals surface area contributed by atoms with E-state index in [4.69, 9.17) is 28.3 Å². The van der Waals surface area contributed by atoms with Crippen LogP contribution in [0.25, 0.3) is 10.8 Å². The van der Waals surface area contributed by atoms with E-state index in [1.54, 1.807) is 12.1 Å². The lowest BCUT2D eigenvalue weighted by molar-refractivity contribution is 0.0696. The molecular formula is C11H5Cl2IO4. The van der Waals surface area contributed by atoms with E-state index in [1.165, 1.54) is 12.1 Å². The van der Waals surface area contributed by atoms with Gasteiger partial charge in [-0.25, -0.2) is 10.9 Å². The molecule has 0 unspecified atom stereocenters. The number of benzene rings is 2. The van der Waals surface area contributed by atoms with Crippen molar-refractivity contribution in [2.45, 2.75) is 0 Å². The lowest BCUT2D eigenvalue weighted by atomic mass is 10.1. The van der Waals surface area contributed by atoms with E-state index in [0.29, 0.717) is 15.8 Å². The van der Waals surface area contributed by atoms with Gasteiger partial charge in [-0.3, -0.25) is 0 Å². The summed E-state index contributed by atoms with van der Waals surface area (Å²) in [4.78, 5) is 11.1. The van der Waals surface area contributed by atoms with E-state index in [-0.39, 0.29) is 14.2 Å². The van der Waals surface area contributed by atoms with Crippen LogP contribution in [0.3, 0.4) is 0 Å². The number of fused-ring (bicyclic) bond motifs is 1. The van der Waals surface area contributed by atoms with Gasteiger partial charge in [-0.1, -0.05) is 35.3 Å². The van der Waals surface area contributed by atoms with Crippen LogP contribution in [0.5, 0.6) is 0 Å². The number of aromatic carboxylic acids is 1. The molecule has 0 fully saturated rings. The predicted molar refractivity (Wildman–Crippen MR) is 75.0 cm³/mol. The molecule has 0 amide bonds. The maximum Gasteiger partial charge on any atom is 0.342 e. The standard InChI is InChI=1S/C11H5Cl2IO4/c12-7-3-1-2-5-6(7)4-8(13)9(11(15)16)10(5)14(17)18/h1-4H,(H,15,16). The van der Waals surface area contributed by atoms with Crippen molar-refractivity contribution in [1.82, 2.24) is 0 Å². The second-order valence-electron chi connectivity index (χ2n) is 3.40. The number of carbonyl (C=O) groups is 1. The summed E-state index contributed by atoms with van der Waals surface area (Å²) >= 11 is 7.75. The normalized spacial score (nSPS) is 11.1. The summed E-state index contributed by atoms with van der Waals surface area (Å²) in [5.41, 5.74) is -0.387. The highest BCUT2D eigenvalue weighted by molar-refractivity contribution is 14.2. The zero-order chi connectivity index (χ0) is 13.4. The number of halogens is 3. The topological polar surface area (TPSA) is 71.4 Å². The second kappa shape index (κ2) is 4.99. The Labute approximate surface area is 119 Å². The average Bonchev–Trinajstić information content (AvgIpc) is 2.28. The van der Waals surface area contributed by atoms with Crippen molar-refractivity contribution in [3.8, 4) is 0 Å². The SMILES string of the molecule is O=C(O)c1c(Cl)cc2c(Cl)cccc2c1I(=O)=O. The molecule has 2 aromatic rings. The van der Waals surface area contributed by atoms with Gasteiger partial charge >= 0.3 is 25.8 Å². The molecule has 0 radical (unpaired) electrons. The van der Waals surface area contributed by atoms with E-state index in [1.807, 2.05) is 0 Å². The minimum Gasteiger partial charge on any atom is -0.478 e. The number of hydrogen-bond donors (Lipinski definition) is 1. The van der Waals surface area contributed by atoms with Crippen molar-refractivity contribution >= 4 is 59.7 Å². The highest BCUT2D eigenvalue weighted by atomic mass is 127. The summed E-state index contributed by atoms with van der Waals surface area (Å²) < 4.78 is 22.5. The Balaban J connectivity index is 3.09. The summed E-state index contributed by atoms with van der Waals surface area (Å²) in [5.74, 6) is -1.37. The monoisotopic (exact) mass is 398 g/mol. The maximum absolute atomic E-state index is 11.4. The molecule has 0 aliphatic carbocycles. The van der Waals surface area contributed by atoms with Crippen molar-refractivity contribution in [3.05, 3.63) is 43.4 Å². The van der Waals surface area contributed by atoms with Gasteiger partial charge in [0.25, 0.3) is 0 Å². The van der Waals surface area contributed by atoms with Gasteiger partial charge in [0.2, 0.25) is 0 Å². The molecule has 0 aliphatic rings. The van der Waals surface area contributed by atoms with Crippen LogP contribution in [0.4, 0.5) is 0 Å². The highest BCUT2D eigenvalue weighted by Gasteiger charge is 2.22. The first kappa shape index (κ1) is 13.5. The van der Waals surface area contributed by atoms with Crippen LogP contribution in [-0.2, 0) is 6.14 Å². The van der Waals surface area contributed by atoms with Crippen LogP contribution in [0.15, 0.2) is 24.3 Å². The Bertz CT molecular complexity index is 729. The first-order chi connectivity index (χ1) is 8.43. The zero-order valence-corrected chi connectivity index (χ0v) is 12.3. The molecule has 0 saturated heterocycles. The Morgan fingerprint density at radius 1 is 1.11 bits per heavy atom. The minimum atomic E-state index is -4.03. The first-order valence-electron chi connectivity index (χ1n) is 4.62. The average molecular weight is 399 g/mol. The molecule has 1 N–H and O–H groups in total. The molecule has 0 bridgehead atoms. The molecular weight excluding hydrogens is 394 g/mol. The Morgan fingerprint density at radius 3 is 2.33 bits per heavy atom. The number of carboxylic acids is 1. The van der Waals surface area contributed by atoms with Crippen molar-refractivity contribution in [1.29, 1.82) is 0 Å². The molecule has 4 nitrogen and oxygen atoms in total. The largest absolute Gasteiger partial charge is 0.478 e. The third-order valence-electron chi connectivity index (χ3n) is 2.39. The van der Waals surface area contributed by atoms with Gasteiger partial charge in [0.1, 0.15) is 3.57 Å². The van der Waals surface area contributed by atoms with Gasteiger partial charge in [0.05, 0.1) is 10.6 Å². The molecule has 2 rings (SSSR count). The lowest BCUT2D eigenvalue weighted by Crippen LogP contribution is -2.02. The minimum absolute atomic E-state index is 0.132. The van der Waals surface area contributed by atoms with Crippen LogP contribution < -0.4 is 0 Å². The van der Waals surface area contributed by atoms with Gasteiger partial charge in [-0.15, -0.1) is 0 Å². The van der Waals surface area contributed by atoms with Crippen LogP contribution in [0.1, 0.15) is 10.4 Å². The Hall–Kier alpha value is -0.920. The molecule has 18 heavy (non-hydrogen) atoms. The third kappa shape index (κ3) is 2.17. The molecule has 2 aromatic carbocycles. The number of hydrogen-bond acceptors (Lipinski definition) is 3. The van der Waals surface area contributed by atoms with Crippen molar-refractivity contribution in [2.75, 3.05) is 0 Å². The highest BCUT2D eigenvalue weighted by Crippen LogP contribution is 2.37. The fraction of sp³-hybridized carbons (Fsp3) is 0. The smallest absolute Gasteiger partial charge is 0.342 e. The number of carboxylic acid groups (broad SMARTS) is 1. The maximum atomic E-state index is 11.4. The summed E-state index contributed by atoms with van der Waals surface area (Å²) in [7, 11) is 0. The summed E-state index contributed by atoms with van der Waals surface area (Å²) in [6, 6.07) is 6.03. The number of rotatable bonds is 2. The predicted octanol–water partition coefficient (Wildman–Crippen LogP) is 4.21. The molecule has 0 saturated carbocycles.